The molecule has 0 aromatic heterocycles. The monoisotopic (exact) mass is 462 g/mol. The Balaban J connectivity index is 0.00000576. The first-order valence-corrected chi connectivity index (χ1v) is 8.42. The number of hydrogen-bond acceptors (Lipinski definition) is 3. The van der Waals surface area contributed by atoms with Crippen molar-refractivity contribution < 1.29 is 9.53 Å². The molecule has 0 saturated carbocycles. The van der Waals surface area contributed by atoms with Crippen LogP contribution in [0, 0.1) is 0 Å². The lowest BCUT2D eigenvalue weighted by atomic mass is 10.2. The van der Waals surface area contributed by atoms with E-state index in [-0.39, 0.29) is 36.4 Å². The molecule has 1 aromatic rings. The van der Waals surface area contributed by atoms with Crippen LogP contribution in [0.15, 0.2) is 29.3 Å². The summed E-state index contributed by atoms with van der Waals surface area (Å²) in [5, 5.41) is 6.38. The van der Waals surface area contributed by atoms with Crippen molar-refractivity contribution in [3.63, 3.8) is 0 Å². The summed E-state index contributed by atoms with van der Waals surface area (Å²) < 4.78 is 5.16. The fourth-order valence-electron chi connectivity index (χ4n) is 1.97. The Hall–Kier alpha value is -1.51. The van der Waals surface area contributed by atoms with E-state index in [1.54, 1.807) is 26.1 Å². The van der Waals surface area contributed by atoms with Crippen LogP contribution >= 0.6 is 24.0 Å². The third-order valence-electron chi connectivity index (χ3n) is 3.56. The van der Waals surface area contributed by atoms with E-state index in [9.17, 15) is 4.79 Å². The number of nitrogens with one attached hydrogen (secondary N) is 2. The highest BCUT2D eigenvalue weighted by Crippen LogP contribution is 2.11. The number of halogens is 1. The molecule has 0 atom stereocenters. The number of carbonyl (C=O) groups excluding carboxylic acids is 1. The van der Waals surface area contributed by atoms with Crippen LogP contribution in [0.1, 0.15) is 31.7 Å². The summed E-state index contributed by atoms with van der Waals surface area (Å²) in [5.74, 6) is 1.51. The van der Waals surface area contributed by atoms with Crippen molar-refractivity contribution in [2.24, 2.45) is 4.99 Å². The second kappa shape index (κ2) is 13.7. The van der Waals surface area contributed by atoms with Crippen LogP contribution in [-0.4, -0.2) is 51.1 Å². The molecule has 1 aromatic carbocycles. The number of carbonyl (C=O) groups is 1. The van der Waals surface area contributed by atoms with Crippen molar-refractivity contribution in [3.8, 4) is 5.75 Å². The first kappa shape index (κ1) is 23.5. The largest absolute Gasteiger partial charge is 0.497 e. The number of unbranched alkanes of at least 4 members (excludes halogenated alkanes) is 2. The Labute approximate surface area is 168 Å². The van der Waals surface area contributed by atoms with Gasteiger partial charge in [-0.1, -0.05) is 31.9 Å². The lowest BCUT2D eigenvalue weighted by Crippen LogP contribution is -2.43. The maximum Gasteiger partial charge on any atom is 0.241 e. The minimum Gasteiger partial charge on any atom is -0.497 e. The van der Waals surface area contributed by atoms with Gasteiger partial charge >= 0.3 is 0 Å². The van der Waals surface area contributed by atoms with Gasteiger partial charge in [-0.15, -0.1) is 24.0 Å². The van der Waals surface area contributed by atoms with Gasteiger partial charge in [-0.05, 0) is 24.1 Å². The van der Waals surface area contributed by atoms with E-state index in [0.717, 1.165) is 24.3 Å². The van der Waals surface area contributed by atoms with Crippen LogP contribution < -0.4 is 15.4 Å². The molecule has 0 saturated heterocycles. The van der Waals surface area contributed by atoms with Crippen LogP contribution in [0.4, 0.5) is 0 Å². The van der Waals surface area contributed by atoms with Gasteiger partial charge in [0.05, 0.1) is 20.2 Å². The molecule has 0 fully saturated rings. The third kappa shape index (κ3) is 10.2. The van der Waals surface area contributed by atoms with Gasteiger partial charge in [-0.2, -0.15) is 0 Å². The number of guanidine groups is 1. The van der Waals surface area contributed by atoms with E-state index in [1.807, 2.05) is 24.3 Å². The van der Waals surface area contributed by atoms with Crippen molar-refractivity contribution >= 4 is 35.8 Å². The van der Waals surface area contributed by atoms with E-state index in [1.165, 1.54) is 12.8 Å². The summed E-state index contributed by atoms with van der Waals surface area (Å²) in [6.45, 7) is 3.80. The molecule has 142 valence electrons. The Morgan fingerprint density at radius 2 is 1.84 bits per heavy atom. The van der Waals surface area contributed by atoms with E-state index >= 15 is 0 Å². The number of aliphatic imine (C=N–C) groups is 1. The Morgan fingerprint density at radius 1 is 1.16 bits per heavy atom. The zero-order chi connectivity index (χ0) is 17.8. The molecule has 2 N–H and O–H groups in total. The molecule has 1 amide bonds. The fraction of sp³-hybridized carbons (Fsp3) is 0.556. The molecule has 6 nitrogen and oxygen atoms in total. The second-order valence-electron chi connectivity index (χ2n) is 5.79. The number of nitrogens with zero attached hydrogens (tertiary/aromatic N) is 2. The number of methoxy groups -OCH3 is 1. The highest BCUT2D eigenvalue weighted by Gasteiger charge is 2.05. The van der Waals surface area contributed by atoms with Gasteiger partial charge in [0.2, 0.25) is 5.91 Å². The average molecular weight is 462 g/mol. The third-order valence-corrected chi connectivity index (χ3v) is 3.56. The van der Waals surface area contributed by atoms with E-state index in [2.05, 4.69) is 22.5 Å². The number of benzene rings is 1. The van der Waals surface area contributed by atoms with E-state index in [0.29, 0.717) is 12.5 Å². The van der Waals surface area contributed by atoms with Crippen LogP contribution in [0.5, 0.6) is 5.75 Å². The summed E-state index contributed by atoms with van der Waals surface area (Å²) in [4.78, 5) is 17.9. The molecule has 0 aliphatic rings. The van der Waals surface area contributed by atoms with Crippen LogP contribution in [-0.2, 0) is 11.3 Å². The lowest BCUT2D eigenvalue weighted by Gasteiger charge is -2.15. The van der Waals surface area contributed by atoms with Gasteiger partial charge in [-0.3, -0.25) is 4.79 Å². The quantitative estimate of drug-likeness (QED) is 0.256. The molecular weight excluding hydrogens is 431 g/mol. The maximum absolute atomic E-state index is 11.7. The highest BCUT2D eigenvalue weighted by molar-refractivity contribution is 14.0. The van der Waals surface area contributed by atoms with E-state index in [4.69, 9.17) is 4.74 Å². The van der Waals surface area contributed by atoms with Crippen LogP contribution in [0.3, 0.4) is 0 Å². The van der Waals surface area contributed by atoms with Crippen molar-refractivity contribution in [2.75, 3.05) is 34.3 Å². The summed E-state index contributed by atoms with van der Waals surface area (Å²) in [6.07, 6.45) is 3.43. The molecule has 1 rings (SSSR count). The minimum atomic E-state index is 0. The molecule has 7 heteroatoms. The van der Waals surface area contributed by atoms with Crippen molar-refractivity contribution in [3.05, 3.63) is 29.8 Å². The Morgan fingerprint density at radius 3 is 2.40 bits per heavy atom. The molecule has 25 heavy (non-hydrogen) atoms. The number of likely N-dealkylation sites (N-methyl/N-ethyl adjacent to an activating group) is 1. The molecular formula is C18H31IN4O2. The molecule has 0 aliphatic carbocycles. The summed E-state index contributed by atoms with van der Waals surface area (Å²) in [7, 11) is 5.14. The Bertz CT molecular complexity index is 518. The standard InChI is InChI=1S/C18H30N4O2.HI/c1-5-6-7-12-19-18(21-14-17(23)22(2)3)20-13-15-8-10-16(24-4)11-9-15;/h8-11H,5-7,12-14H2,1-4H3,(H2,19,20,21);1H. The van der Waals surface area contributed by atoms with E-state index < -0.39 is 0 Å². The van der Waals surface area contributed by atoms with Crippen molar-refractivity contribution in [2.45, 2.75) is 32.7 Å². The van der Waals surface area contributed by atoms with Gasteiger partial charge in [-0.25, -0.2) is 4.99 Å². The highest BCUT2D eigenvalue weighted by atomic mass is 127. The normalized spacial score (nSPS) is 10.6. The summed E-state index contributed by atoms with van der Waals surface area (Å²) in [5.41, 5.74) is 1.09. The zero-order valence-corrected chi connectivity index (χ0v) is 18.0. The average Bonchev–Trinajstić information content (AvgIpc) is 2.60. The number of amides is 1. The predicted molar refractivity (Wildman–Crippen MR) is 114 cm³/mol. The minimum absolute atomic E-state index is 0. The fourth-order valence-corrected chi connectivity index (χ4v) is 1.97. The topological polar surface area (TPSA) is 66.0 Å². The first-order chi connectivity index (χ1) is 11.6. The summed E-state index contributed by atoms with van der Waals surface area (Å²) >= 11 is 0. The van der Waals surface area contributed by atoms with Crippen molar-refractivity contribution in [1.29, 1.82) is 0 Å². The van der Waals surface area contributed by atoms with Gasteiger partial charge < -0.3 is 20.3 Å². The zero-order valence-electron chi connectivity index (χ0n) is 15.7. The summed E-state index contributed by atoms with van der Waals surface area (Å²) in [6, 6.07) is 7.81. The predicted octanol–water partition coefficient (Wildman–Crippen LogP) is 2.63. The molecule has 0 bridgehead atoms. The smallest absolute Gasteiger partial charge is 0.241 e. The number of hydrogen-bond donors (Lipinski definition) is 2. The van der Waals surface area contributed by atoms with Gasteiger partial charge in [0, 0.05) is 20.6 Å². The van der Waals surface area contributed by atoms with Gasteiger partial charge in [0.1, 0.15) is 5.75 Å². The van der Waals surface area contributed by atoms with Crippen LogP contribution in [0.2, 0.25) is 0 Å². The molecule has 0 radical (unpaired) electrons. The second-order valence-corrected chi connectivity index (χ2v) is 5.79. The lowest BCUT2D eigenvalue weighted by molar-refractivity contribution is -0.127. The van der Waals surface area contributed by atoms with Gasteiger partial charge in [0.25, 0.3) is 0 Å². The molecule has 0 spiro atoms. The molecule has 0 unspecified atom stereocenters. The SMILES string of the molecule is CCCCCNC(=NCc1ccc(OC)cc1)NCC(=O)N(C)C.I. The Kier molecular flexibility index (Phi) is 12.9. The van der Waals surface area contributed by atoms with Crippen molar-refractivity contribution in [1.82, 2.24) is 15.5 Å². The van der Waals surface area contributed by atoms with Crippen LogP contribution in [0.25, 0.3) is 0 Å². The number of rotatable bonds is 9. The first-order valence-electron chi connectivity index (χ1n) is 8.42. The van der Waals surface area contributed by atoms with Gasteiger partial charge in [0.15, 0.2) is 5.96 Å². The molecule has 0 aliphatic heterocycles. The number of ether oxygens (including phenoxy) is 1. The maximum atomic E-state index is 11.7. The molecule has 0 heterocycles.